The normalized spacial score (nSPS) is 19.5. The van der Waals surface area contributed by atoms with Gasteiger partial charge in [-0.05, 0) is 37.1 Å². The molecule has 1 heterocycles. The minimum atomic E-state index is -0.348. The summed E-state index contributed by atoms with van der Waals surface area (Å²) in [6.45, 7) is 3.09. The number of halogens is 1. The van der Waals surface area contributed by atoms with Crippen LogP contribution in [0.5, 0.6) is 5.75 Å². The van der Waals surface area contributed by atoms with Gasteiger partial charge >= 0.3 is 6.09 Å². The van der Waals surface area contributed by atoms with Crippen molar-refractivity contribution in [2.75, 3.05) is 13.1 Å². The van der Waals surface area contributed by atoms with Crippen LogP contribution in [0.4, 0.5) is 4.79 Å². The SMILES string of the molecule is Cc1cc(OC(=O)N2CC[C@@H](N)C2)ccc1Cl. The van der Waals surface area contributed by atoms with E-state index in [2.05, 4.69) is 0 Å². The van der Waals surface area contributed by atoms with Gasteiger partial charge in [0.2, 0.25) is 0 Å². The van der Waals surface area contributed by atoms with Crippen LogP contribution in [-0.4, -0.2) is 30.1 Å². The third kappa shape index (κ3) is 2.90. The molecule has 1 aliphatic heterocycles. The molecule has 5 heteroatoms. The van der Waals surface area contributed by atoms with E-state index in [1.54, 1.807) is 23.1 Å². The highest BCUT2D eigenvalue weighted by molar-refractivity contribution is 6.31. The van der Waals surface area contributed by atoms with E-state index in [1.165, 1.54) is 0 Å². The summed E-state index contributed by atoms with van der Waals surface area (Å²) in [6, 6.07) is 5.21. The molecule has 1 aromatic carbocycles. The number of benzene rings is 1. The van der Waals surface area contributed by atoms with Crippen molar-refractivity contribution < 1.29 is 9.53 Å². The molecule has 1 aromatic rings. The van der Waals surface area contributed by atoms with Crippen molar-refractivity contribution >= 4 is 17.7 Å². The first-order valence-electron chi connectivity index (χ1n) is 5.55. The fraction of sp³-hybridized carbons (Fsp3) is 0.417. The van der Waals surface area contributed by atoms with Gasteiger partial charge in [-0.15, -0.1) is 0 Å². The molecule has 1 atom stereocenters. The van der Waals surface area contributed by atoms with E-state index >= 15 is 0 Å². The van der Waals surface area contributed by atoms with E-state index in [4.69, 9.17) is 22.1 Å². The molecule has 17 heavy (non-hydrogen) atoms. The molecule has 2 rings (SSSR count). The van der Waals surface area contributed by atoms with Gasteiger partial charge in [-0.1, -0.05) is 11.6 Å². The highest BCUT2D eigenvalue weighted by Crippen LogP contribution is 2.22. The Labute approximate surface area is 105 Å². The summed E-state index contributed by atoms with van der Waals surface area (Å²) in [5, 5.41) is 0.660. The van der Waals surface area contributed by atoms with Gasteiger partial charge in [-0.3, -0.25) is 0 Å². The van der Waals surface area contributed by atoms with E-state index < -0.39 is 0 Å². The van der Waals surface area contributed by atoms with E-state index in [9.17, 15) is 4.79 Å². The number of amides is 1. The Morgan fingerprint density at radius 1 is 1.59 bits per heavy atom. The molecule has 1 fully saturated rings. The molecular weight excluding hydrogens is 240 g/mol. The van der Waals surface area contributed by atoms with Crippen LogP contribution in [0.2, 0.25) is 5.02 Å². The number of nitrogens with zero attached hydrogens (tertiary/aromatic N) is 1. The van der Waals surface area contributed by atoms with Crippen molar-refractivity contribution in [2.24, 2.45) is 5.73 Å². The predicted octanol–water partition coefficient (Wildman–Crippen LogP) is 2.18. The van der Waals surface area contributed by atoms with E-state index in [0.717, 1.165) is 12.0 Å². The number of aryl methyl sites for hydroxylation is 1. The Bertz CT molecular complexity index is 437. The number of nitrogens with two attached hydrogens (primary N) is 1. The second kappa shape index (κ2) is 4.94. The molecule has 0 radical (unpaired) electrons. The molecule has 2 N–H and O–H groups in total. The van der Waals surface area contributed by atoms with Gasteiger partial charge < -0.3 is 15.4 Å². The maximum Gasteiger partial charge on any atom is 0.415 e. The molecule has 0 unspecified atom stereocenters. The lowest BCUT2D eigenvalue weighted by Gasteiger charge is -2.15. The summed E-state index contributed by atoms with van der Waals surface area (Å²) >= 11 is 5.90. The molecule has 0 saturated carbocycles. The van der Waals surface area contributed by atoms with Gasteiger partial charge in [0.1, 0.15) is 5.75 Å². The van der Waals surface area contributed by atoms with Crippen LogP contribution >= 0.6 is 11.6 Å². The lowest BCUT2D eigenvalue weighted by atomic mass is 10.2. The molecule has 92 valence electrons. The number of rotatable bonds is 1. The Kier molecular flexibility index (Phi) is 3.54. The van der Waals surface area contributed by atoms with Crippen LogP contribution in [0.15, 0.2) is 18.2 Å². The number of carbonyl (C=O) groups excluding carboxylic acids is 1. The summed E-state index contributed by atoms with van der Waals surface area (Å²) in [5.74, 6) is 0.511. The topological polar surface area (TPSA) is 55.6 Å². The van der Waals surface area contributed by atoms with Crippen molar-refractivity contribution in [2.45, 2.75) is 19.4 Å². The molecule has 1 aliphatic rings. The van der Waals surface area contributed by atoms with Gasteiger partial charge in [0.15, 0.2) is 0 Å². The van der Waals surface area contributed by atoms with Gasteiger partial charge in [-0.25, -0.2) is 4.79 Å². The second-order valence-corrected chi connectivity index (χ2v) is 4.68. The lowest BCUT2D eigenvalue weighted by Crippen LogP contribution is -2.33. The summed E-state index contributed by atoms with van der Waals surface area (Å²) < 4.78 is 5.26. The largest absolute Gasteiger partial charge is 0.415 e. The standard InChI is InChI=1S/C12H15ClN2O2/c1-8-6-10(2-3-11(8)13)17-12(16)15-5-4-9(14)7-15/h2-3,6,9H,4-5,7,14H2,1H3/t9-/m1/s1. The van der Waals surface area contributed by atoms with Crippen LogP contribution < -0.4 is 10.5 Å². The number of ether oxygens (including phenoxy) is 1. The van der Waals surface area contributed by atoms with Crippen molar-refractivity contribution in [3.05, 3.63) is 28.8 Å². The van der Waals surface area contributed by atoms with Crippen LogP contribution in [0, 0.1) is 6.92 Å². The third-order valence-corrected chi connectivity index (χ3v) is 3.24. The van der Waals surface area contributed by atoms with Gasteiger partial charge in [0.05, 0.1) is 0 Å². The van der Waals surface area contributed by atoms with Crippen LogP contribution in [-0.2, 0) is 0 Å². The maximum atomic E-state index is 11.8. The number of carbonyl (C=O) groups is 1. The monoisotopic (exact) mass is 254 g/mol. The Balaban J connectivity index is 2.00. The smallest absolute Gasteiger partial charge is 0.410 e. The van der Waals surface area contributed by atoms with E-state index in [-0.39, 0.29) is 12.1 Å². The minimum Gasteiger partial charge on any atom is -0.410 e. The van der Waals surface area contributed by atoms with Crippen molar-refractivity contribution in [1.29, 1.82) is 0 Å². The average molecular weight is 255 g/mol. The highest BCUT2D eigenvalue weighted by Gasteiger charge is 2.25. The van der Waals surface area contributed by atoms with Gasteiger partial charge in [0, 0.05) is 24.2 Å². The zero-order valence-electron chi connectivity index (χ0n) is 9.65. The molecule has 0 aromatic heterocycles. The van der Waals surface area contributed by atoms with Crippen molar-refractivity contribution in [3.8, 4) is 5.75 Å². The Morgan fingerprint density at radius 2 is 2.35 bits per heavy atom. The first-order valence-corrected chi connectivity index (χ1v) is 5.92. The fourth-order valence-electron chi connectivity index (χ4n) is 1.80. The first kappa shape index (κ1) is 12.2. The first-order chi connectivity index (χ1) is 8.06. The van der Waals surface area contributed by atoms with E-state index in [0.29, 0.717) is 23.9 Å². The zero-order valence-corrected chi connectivity index (χ0v) is 10.4. The third-order valence-electron chi connectivity index (χ3n) is 2.82. The second-order valence-electron chi connectivity index (χ2n) is 4.27. The fourth-order valence-corrected chi connectivity index (χ4v) is 1.92. The lowest BCUT2D eigenvalue weighted by molar-refractivity contribution is 0.162. The van der Waals surface area contributed by atoms with Crippen molar-refractivity contribution in [1.82, 2.24) is 4.90 Å². The summed E-state index contributed by atoms with van der Waals surface area (Å²) in [4.78, 5) is 13.4. The molecule has 1 saturated heterocycles. The summed E-state index contributed by atoms with van der Waals surface area (Å²) in [7, 11) is 0. The predicted molar refractivity (Wildman–Crippen MR) is 66.4 cm³/mol. The Morgan fingerprint density at radius 3 is 2.94 bits per heavy atom. The minimum absolute atomic E-state index is 0.0644. The maximum absolute atomic E-state index is 11.8. The van der Waals surface area contributed by atoms with Crippen molar-refractivity contribution in [3.63, 3.8) is 0 Å². The molecule has 0 spiro atoms. The Hall–Kier alpha value is -1.26. The summed E-state index contributed by atoms with van der Waals surface area (Å²) in [5.41, 5.74) is 6.62. The summed E-state index contributed by atoms with van der Waals surface area (Å²) in [6.07, 6.45) is 0.481. The van der Waals surface area contributed by atoms with Gasteiger partial charge in [-0.2, -0.15) is 0 Å². The number of likely N-dealkylation sites (tertiary alicyclic amines) is 1. The molecular formula is C12H15ClN2O2. The highest BCUT2D eigenvalue weighted by atomic mass is 35.5. The van der Waals surface area contributed by atoms with Crippen LogP contribution in [0.25, 0.3) is 0 Å². The molecule has 1 amide bonds. The quantitative estimate of drug-likeness (QED) is 0.836. The molecule has 0 aliphatic carbocycles. The zero-order chi connectivity index (χ0) is 12.4. The molecule has 4 nitrogen and oxygen atoms in total. The molecule has 0 bridgehead atoms. The van der Waals surface area contributed by atoms with E-state index in [1.807, 2.05) is 6.92 Å². The van der Waals surface area contributed by atoms with Crippen LogP contribution in [0.3, 0.4) is 0 Å². The average Bonchev–Trinajstić information content (AvgIpc) is 2.70. The van der Waals surface area contributed by atoms with Gasteiger partial charge in [0.25, 0.3) is 0 Å². The van der Waals surface area contributed by atoms with Crippen LogP contribution in [0.1, 0.15) is 12.0 Å². The number of hydrogen-bond acceptors (Lipinski definition) is 3. The number of hydrogen-bond donors (Lipinski definition) is 1.